The van der Waals surface area contributed by atoms with E-state index >= 15 is 0 Å². The first-order valence-corrected chi connectivity index (χ1v) is 6.46. The van der Waals surface area contributed by atoms with Crippen LogP contribution in [0.15, 0.2) is 0 Å². The van der Waals surface area contributed by atoms with Crippen molar-refractivity contribution in [1.29, 1.82) is 0 Å². The van der Waals surface area contributed by atoms with Gasteiger partial charge in [-0.3, -0.25) is 4.90 Å². The summed E-state index contributed by atoms with van der Waals surface area (Å²) in [5, 5.41) is 3.44. The molecule has 2 aliphatic rings. The maximum Gasteiger partial charge on any atom is 0.0621 e. The molecular weight excluding hydrogens is 188 g/mol. The number of nitrogens with one attached hydrogen (secondary N) is 1. The molecule has 2 aliphatic heterocycles. The first-order valence-electron chi connectivity index (χ1n) is 6.46. The van der Waals surface area contributed by atoms with Crippen LogP contribution in [-0.2, 0) is 4.74 Å². The minimum atomic E-state index is 0.702. The topological polar surface area (TPSA) is 24.5 Å². The summed E-state index contributed by atoms with van der Waals surface area (Å²) in [4.78, 5) is 2.70. The highest BCUT2D eigenvalue weighted by molar-refractivity contribution is 4.87. The van der Waals surface area contributed by atoms with Crippen LogP contribution in [0.5, 0.6) is 0 Å². The van der Waals surface area contributed by atoms with Gasteiger partial charge in [0.2, 0.25) is 0 Å². The van der Waals surface area contributed by atoms with Gasteiger partial charge in [0.25, 0.3) is 0 Å². The van der Waals surface area contributed by atoms with Crippen molar-refractivity contribution in [2.75, 3.05) is 32.8 Å². The second kappa shape index (κ2) is 5.83. The molecule has 88 valence electrons. The van der Waals surface area contributed by atoms with Gasteiger partial charge in [-0.2, -0.15) is 0 Å². The molecule has 2 heterocycles. The van der Waals surface area contributed by atoms with E-state index in [0.717, 1.165) is 19.3 Å². The van der Waals surface area contributed by atoms with Gasteiger partial charge in [0, 0.05) is 18.7 Å². The largest absolute Gasteiger partial charge is 0.380 e. The van der Waals surface area contributed by atoms with Crippen molar-refractivity contribution in [3.63, 3.8) is 0 Å². The molecule has 0 saturated carbocycles. The molecular formula is C12H24N2O. The van der Waals surface area contributed by atoms with Gasteiger partial charge < -0.3 is 10.1 Å². The molecule has 0 spiro atoms. The van der Waals surface area contributed by atoms with Crippen LogP contribution >= 0.6 is 0 Å². The third kappa shape index (κ3) is 2.92. The summed E-state index contributed by atoms with van der Waals surface area (Å²) >= 11 is 0. The number of ether oxygens (including phenoxy) is 1. The lowest BCUT2D eigenvalue weighted by Crippen LogP contribution is -2.46. The van der Waals surface area contributed by atoms with Crippen LogP contribution in [0.25, 0.3) is 0 Å². The summed E-state index contributed by atoms with van der Waals surface area (Å²) in [5.74, 6) is 0. The minimum absolute atomic E-state index is 0.702. The van der Waals surface area contributed by atoms with E-state index in [2.05, 4.69) is 17.1 Å². The molecule has 0 aromatic heterocycles. The predicted octanol–water partition coefficient (Wildman–Crippen LogP) is 1.24. The average molecular weight is 212 g/mol. The number of piperidine rings is 1. The lowest BCUT2D eigenvalue weighted by atomic mass is 10.0. The lowest BCUT2D eigenvalue weighted by molar-refractivity contribution is 0.0578. The van der Waals surface area contributed by atoms with Gasteiger partial charge in [0.05, 0.1) is 6.61 Å². The Morgan fingerprint density at radius 1 is 1.27 bits per heavy atom. The molecule has 0 aromatic carbocycles. The van der Waals surface area contributed by atoms with E-state index in [0.29, 0.717) is 6.04 Å². The Morgan fingerprint density at radius 3 is 2.80 bits per heavy atom. The average Bonchev–Trinajstić information content (AvgIpc) is 2.75. The molecule has 0 aromatic rings. The summed E-state index contributed by atoms with van der Waals surface area (Å²) in [7, 11) is 0. The first kappa shape index (κ1) is 11.4. The third-order valence-electron chi connectivity index (χ3n) is 3.71. The van der Waals surface area contributed by atoms with Crippen molar-refractivity contribution in [3.05, 3.63) is 0 Å². The van der Waals surface area contributed by atoms with Gasteiger partial charge in [-0.1, -0.05) is 0 Å². The SMILES string of the molecule is CCOC[C@@H]1CCCN1C1CCNCC1. The van der Waals surface area contributed by atoms with Crippen LogP contribution in [0.4, 0.5) is 0 Å². The molecule has 0 unspecified atom stereocenters. The highest BCUT2D eigenvalue weighted by atomic mass is 16.5. The molecule has 15 heavy (non-hydrogen) atoms. The molecule has 1 N–H and O–H groups in total. The van der Waals surface area contributed by atoms with E-state index < -0.39 is 0 Å². The normalized spacial score (nSPS) is 29.8. The van der Waals surface area contributed by atoms with Crippen molar-refractivity contribution in [2.24, 2.45) is 0 Å². The van der Waals surface area contributed by atoms with Gasteiger partial charge in [-0.25, -0.2) is 0 Å². The minimum Gasteiger partial charge on any atom is -0.380 e. The fourth-order valence-electron chi connectivity index (χ4n) is 2.91. The Kier molecular flexibility index (Phi) is 4.42. The Balaban J connectivity index is 1.82. The third-order valence-corrected chi connectivity index (χ3v) is 3.71. The summed E-state index contributed by atoms with van der Waals surface area (Å²) in [6, 6.07) is 1.52. The van der Waals surface area contributed by atoms with Crippen molar-refractivity contribution >= 4 is 0 Å². The van der Waals surface area contributed by atoms with Gasteiger partial charge in [0.15, 0.2) is 0 Å². The standard InChI is InChI=1S/C12H24N2O/c1-2-15-10-12-4-3-9-14(12)11-5-7-13-8-6-11/h11-13H,2-10H2,1H3/t12-/m0/s1. The zero-order valence-electron chi connectivity index (χ0n) is 9.87. The van der Waals surface area contributed by atoms with E-state index in [1.807, 2.05) is 0 Å². The van der Waals surface area contributed by atoms with Gasteiger partial charge in [0.1, 0.15) is 0 Å². The number of hydrogen-bond donors (Lipinski definition) is 1. The highest BCUT2D eigenvalue weighted by Gasteiger charge is 2.31. The van der Waals surface area contributed by atoms with Gasteiger partial charge in [-0.15, -0.1) is 0 Å². The molecule has 2 saturated heterocycles. The summed E-state index contributed by atoms with van der Waals surface area (Å²) in [6.45, 7) is 7.58. The number of hydrogen-bond acceptors (Lipinski definition) is 3. The second-order valence-corrected chi connectivity index (χ2v) is 4.67. The molecule has 2 rings (SSSR count). The molecule has 3 nitrogen and oxygen atoms in total. The van der Waals surface area contributed by atoms with E-state index in [1.54, 1.807) is 0 Å². The molecule has 0 amide bonds. The molecule has 0 radical (unpaired) electrons. The maximum atomic E-state index is 5.58. The van der Waals surface area contributed by atoms with Crippen molar-refractivity contribution in [3.8, 4) is 0 Å². The smallest absolute Gasteiger partial charge is 0.0621 e. The van der Waals surface area contributed by atoms with Crippen molar-refractivity contribution in [1.82, 2.24) is 10.2 Å². The fraction of sp³-hybridized carbons (Fsp3) is 1.00. The van der Waals surface area contributed by atoms with Crippen LogP contribution in [0.2, 0.25) is 0 Å². The summed E-state index contributed by atoms with van der Waals surface area (Å²) < 4.78 is 5.58. The highest BCUT2D eigenvalue weighted by Crippen LogP contribution is 2.24. The summed E-state index contributed by atoms with van der Waals surface area (Å²) in [6.07, 6.45) is 5.34. The van der Waals surface area contributed by atoms with Crippen LogP contribution in [0.3, 0.4) is 0 Å². The lowest BCUT2D eigenvalue weighted by Gasteiger charge is -2.35. The Morgan fingerprint density at radius 2 is 2.07 bits per heavy atom. The van der Waals surface area contributed by atoms with Gasteiger partial charge >= 0.3 is 0 Å². The van der Waals surface area contributed by atoms with Crippen molar-refractivity contribution in [2.45, 2.75) is 44.7 Å². The van der Waals surface area contributed by atoms with Crippen molar-refractivity contribution < 1.29 is 4.74 Å². The second-order valence-electron chi connectivity index (χ2n) is 4.67. The van der Waals surface area contributed by atoms with Crippen LogP contribution in [0.1, 0.15) is 32.6 Å². The fourth-order valence-corrected chi connectivity index (χ4v) is 2.91. The Hall–Kier alpha value is -0.120. The van der Waals surface area contributed by atoms with E-state index in [-0.39, 0.29) is 0 Å². The zero-order chi connectivity index (χ0) is 10.5. The number of nitrogens with zero attached hydrogens (tertiary/aromatic N) is 1. The summed E-state index contributed by atoms with van der Waals surface area (Å²) in [5.41, 5.74) is 0. The monoisotopic (exact) mass is 212 g/mol. The van der Waals surface area contributed by atoms with E-state index in [1.165, 1.54) is 45.3 Å². The molecule has 2 fully saturated rings. The first-order chi connectivity index (χ1) is 7.42. The van der Waals surface area contributed by atoms with E-state index in [9.17, 15) is 0 Å². The Bertz CT molecular complexity index is 180. The van der Waals surface area contributed by atoms with Gasteiger partial charge in [-0.05, 0) is 52.2 Å². The molecule has 1 atom stereocenters. The molecule has 0 aliphatic carbocycles. The van der Waals surface area contributed by atoms with E-state index in [4.69, 9.17) is 4.74 Å². The zero-order valence-corrected chi connectivity index (χ0v) is 9.87. The van der Waals surface area contributed by atoms with Crippen LogP contribution in [-0.4, -0.2) is 49.8 Å². The maximum absolute atomic E-state index is 5.58. The molecule has 3 heteroatoms. The molecule has 0 bridgehead atoms. The quantitative estimate of drug-likeness (QED) is 0.759. The predicted molar refractivity (Wildman–Crippen MR) is 62.1 cm³/mol. The number of likely N-dealkylation sites (tertiary alicyclic amines) is 1. The Labute approximate surface area is 93.2 Å². The van der Waals surface area contributed by atoms with Crippen LogP contribution < -0.4 is 5.32 Å². The number of rotatable bonds is 4. The van der Waals surface area contributed by atoms with Crippen LogP contribution in [0, 0.1) is 0 Å².